The zero-order valence-corrected chi connectivity index (χ0v) is 21.0. The fourth-order valence-corrected chi connectivity index (χ4v) is 4.61. The van der Waals surface area contributed by atoms with Crippen molar-refractivity contribution in [3.8, 4) is 11.1 Å². The molecule has 35 heavy (non-hydrogen) atoms. The van der Waals surface area contributed by atoms with Gasteiger partial charge in [-0.15, -0.1) is 0 Å². The molecule has 0 bridgehead atoms. The average molecular weight is 481 g/mol. The molecule has 2 aromatic carbocycles. The molecule has 0 saturated heterocycles. The van der Waals surface area contributed by atoms with E-state index < -0.39 is 18.1 Å². The molecule has 0 radical (unpaired) electrons. The number of nitrogens with zero attached hydrogens (tertiary/aromatic N) is 1. The van der Waals surface area contributed by atoms with Gasteiger partial charge < -0.3 is 20.1 Å². The molecule has 2 aromatic rings. The fraction of sp³-hybridized carbons (Fsp3) is 0.464. The number of hydrogen-bond acceptors (Lipinski definition) is 4. The number of alkyl carbamates (subject to hydrolysis) is 1. The smallest absolute Gasteiger partial charge is 0.407 e. The summed E-state index contributed by atoms with van der Waals surface area (Å²) in [5, 5.41) is 11.9. The van der Waals surface area contributed by atoms with Gasteiger partial charge in [0, 0.05) is 18.5 Å². The van der Waals surface area contributed by atoms with Gasteiger partial charge in [-0.05, 0) is 48.4 Å². The number of ether oxygens (including phenoxy) is 1. The van der Waals surface area contributed by atoms with Crippen molar-refractivity contribution in [3.05, 3.63) is 59.7 Å². The molecule has 2 atom stereocenters. The molecule has 0 aliphatic heterocycles. The third kappa shape index (κ3) is 6.41. The lowest BCUT2D eigenvalue weighted by Crippen LogP contribution is -2.52. The first-order chi connectivity index (χ1) is 16.7. The van der Waals surface area contributed by atoms with E-state index in [1.807, 2.05) is 52.0 Å². The van der Waals surface area contributed by atoms with Crippen LogP contribution in [-0.2, 0) is 14.3 Å². The van der Waals surface area contributed by atoms with Crippen LogP contribution in [0.2, 0.25) is 0 Å². The number of rotatable bonds is 11. The minimum atomic E-state index is -0.966. The number of fused-ring (bicyclic) bond motifs is 3. The summed E-state index contributed by atoms with van der Waals surface area (Å²) in [6.07, 6.45) is 0.517. The number of amides is 2. The number of carboxylic acids is 1. The van der Waals surface area contributed by atoms with Crippen LogP contribution in [0.3, 0.4) is 0 Å². The Morgan fingerprint density at radius 1 is 1.00 bits per heavy atom. The predicted octanol–water partition coefficient (Wildman–Crippen LogP) is 5.04. The number of carbonyl (C=O) groups is 3. The van der Waals surface area contributed by atoms with Gasteiger partial charge in [-0.1, -0.05) is 68.8 Å². The minimum absolute atomic E-state index is 0.0698. The molecule has 0 heterocycles. The van der Waals surface area contributed by atoms with Crippen molar-refractivity contribution in [2.24, 2.45) is 5.92 Å². The first-order valence-electron chi connectivity index (χ1n) is 12.4. The van der Waals surface area contributed by atoms with E-state index in [0.717, 1.165) is 28.7 Å². The summed E-state index contributed by atoms with van der Waals surface area (Å²) in [5.41, 5.74) is 4.53. The highest BCUT2D eigenvalue weighted by Gasteiger charge is 2.32. The van der Waals surface area contributed by atoms with E-state index >= 15 is 0 Å². The molecular weight excluding hydrogens is 444 g/mol. The summed E-state index contributed by atoms with van der Waals surface area (Å²) < 4.78 is 5.66. The van der Waals surface area contributed by atoms with Crippen LogP contribution >= 0.6 is 0 Å². The van der Waals surface area contributed by atoms with E-state index in [0.29, 0.717) is 6.42 Å². The number of aliphatic carboxylic acids is 1. The first-order valence-corrected chi connectivity index (χ1v) is 12.4. The third-order valence-electron chi connectivity index (χ3n) is 6.74. The van der Waals surface area contributed by atoms with E-state index in [1.54, 1.807) is 0 Å². The second-order valence-corrected chi connectivity index (χ2v) is 9.54. The second kappa shape index (κ2) is 11.9. The van der Waals surface area contributed by atoms with Crippen LogP contribution in [0, 0.1) is 5.92 Å². The van der Waals surface area contributed by atoms with E-state index in [2.05, 4.69) is 29.6 Å². The van der Waals surface area contributed by atoms with E-state index in [4.69, 9.17) is 9.84 Å². The third-order valence-corrected chi connectivity index (χ3v) is 6.74. The highest BCUT2D eigenvalue weighted by Crippen LogP contribution is 2.44. The fourth-order valence-electron chi connectivity index (χ4n) is 4.61. The van der Waals surface area contributed by atoms with E-state index in [1.165, 1.54) is 4.90 Å². The lowest BCUT2D eigenvalue weighted by molar-refractivity contribution is -0.140. The van der Waals surface area contributed by atoms with Crippen molar-refractivity contribution < 1.29 is 24.2 Å². The van der Waals surface area contributed by atoms with Crippen LogP contribution in [0.15, 0.2) is 48.5 Å². The van der Waals surface area contributed by atoms with Gasteiger partial charge in [0.1, 0.15) is 12.6 Å². The quantitative estimate of drug-likeness (QED) is 0.470. The maximum Gasteiger partial charge on any atom is 0.407 e. The molecule has 0 spiro atoms. The molecular formula is C28H36N2O5. The zero-order chi connectivity index (χ0) is 25.5. The maximum absolute atomic E-state index is 13.3. The topological polar surface area (TPSA) is 95.9 Å². The number of hydrogen-bond donors (Lipinski definition) is 2. The molecule has 1 aliphatic carbocycles. The number of benzene rings is 2. The molecule has 2 unspecified atom stereocenters. The number of carbonyl (C=O) groups excluding carboxylic acids is 2. The Labute approximate surface area is 207 Å². The van der Waals surface area contributed by atoms with Crippen molar-refractivity contribution in [2.45, 2.75) is 65.0 Å². The van der Waals surface area contributed by atoms with Gasteiger partial charge in [0.05, 0.1) is 6.42 Å². The van der Waals surface area contributed by atoms with Crippen molar-refractivity contribution in [2.75, 3.05) is 13.2 Å². The molecule has 0 saturated carbocycles. The number of nitrogens with one attached hydrogen (secondary N) is 1. The second-order valence-electron chi connectivity index (χ2n) is 9.54. The summed E-state index contributed by atoms with van der Waals surface area (Å²) in [7, 11) is 0. The summed E-state index contributed by atoms with van der Waals surface area (Å²) in [5.74, 6) is -1.12. The molecule has 2 amide bonds. The molecule has 188 valence electrons. The van der Waals surface area contributed by atoms with Gasteiger partial charge in [-0.25, -0.2) is 4.79 Å². The Kier molecular flexibility index (Phi) is 8.90. The Hall–Kier alpha value is -3.35. The van der Waals surface area contributed by atoms with Crippen molar-refractivity contribution in [1.82, 2.24) is 10.2 Å². The van der Waals surface area contributed by atoms with Crippen LogP contribution < -0.4 is 5.32 Å². The normalized spacial score (nSPS) is 14.1. The molecule has 1 aliphatic rings. The maximum atomic E-state index is 13.3. The summed E-state index contributed by atoms with van der Waals surface area (Å²) >= 11 is 0. The van der Waals surface area contributed by atoms with Gasteiger partial charge >= 0.3 is 12.1 Å². The minimum Gasteiger partial charge on any atom is -0.481 e. The number of carboxylic acid groups (broad SMARTS) is 1. The van der Waals surface area contributed by atoms with Crippen molar-refractivity contribution in [3.63, 3.8) is 0 Å². The lowest BCUT2D eigenvalue weighted by atomic mass is 9.98. The largest absolute Gasteiger partial charge is 0.481 e. The highest BCUT2D eigenvalue weighted by molar-refractivity contribution is 5.86. The summed E-state index contributed by atoms with van der Waals surface area (Å²) in [6.45, 7) is 7.99. The van der Waals surface area contributed by atoms with Gasteiger partial charge in [0.2, 0.25) is 5.91 Å². The Balaban J connectivity index is 1.71. The SMILES string of the molecule is CCC(C)CC(NC(=O)OCC1c2ccccc2-c2ccccc21)C(=O)N(CCC(=O)O)C(C)C. The Bertz CT molecular complexity index is 1010. The van der Waals surface area contributed by atoms with Gasteiger partial charge in [-0.3, -0.25) is 9.59 Å². The van der Waals surface area contributed by atoms with Crippen LogP contribution in [0.1, 0.15) is 64.0 Å². The molecule has 0 aromatic heterocycles. The summed E-state index contributed by atoms with van der Waals surface area (Å²) in [6, 6.07) is 15.3. The van der Waals surface area contributed by atoms with Gasteiger partial charge in [-0.2, -0.15) is 0 Å². The van der Waals surface area contributed by atoms with E-state index in [-0.39, 0.29) is 43.4 Å². The molecule has 3 rings (SSSR count). The van der Waals surface area contributed by atoms with Crippen LogP contribution in [-0.4, -0.2) is 53.2 Å². The first kappa shape index (κ1) is 26.3. The highest BCUT2D eigenvalue weighted by atomic mass is 16.5. The predicted molar refractivity (Wildman–Crippen MR) is 135 cm³/mol. The standard InChI is InChI=1S/C28H36N2O5/c1-5-19(4)16-25(27(33)30(18(2)3)15-14-26(31)32)29-28(34)35-17-24-22-12-8-6-10-20(22)21-11-7-9-13-23(21)24/h6-13,18-19,24-25H,5,14-17H2,1-4H3,(H,29,34)(H,31,32). The molecule has 7 nitrogen and oxygen atoms in total. The van der Waals surface area contributed by atoms with Gasteiger partial charge in [0.25, 0.3) is 0 Å². The van der Waals surface area contributed by atoms with Crippen LogP contribution in [0.25, 0.3) is 11.1 Å². The Morgan fingerprint density at radius 3 is 2.09 bits per heavy atom. The van der Waals surface area contributed by atoms with Crippen LogP contribution in [0.5, 0.6) is 0 Å². The van der Waals surface area contributed by atoms with Crippen molar-refractivity contribution in [1.29, 1.82) is 0 Å². The van der Waals surface area contributed by atoms with E-state index in [9.17, 15) is 14.4 Å². The Morgan fingerprint density at radius 2 is 1.57 bits per heavy atom. The van der Waals surface area contributed by atoms with Gasteiger partial charge in [0.15, 0.2) is 0 Å². The molecule has 2 N–H and O–H groups in total. The monoisotopic (exact) mass is 480 g/mol. The lowest BCUT2D eigenvalue weighted by Gasteiger charge is -2.31. The summed E-state index contributed by atoms with van der Waals surface area (Å²) in [4.78, 5) is 38.8. The van der Waals surface area contributed by atoms with Crippen molar-refractivity contribution >= 4 is 18.0 Å². The molecule has 0 fully saturated rings. The molecule has 7 heteroatoms. The van der Waals surface area contributed by atoms with Crippen LogP contribution in [0.4, 0.5) is 4.79 Å². The average Bonchev–Trinajstić information content (AvgIpc) is 3.15. The zero-order valence-electron chi connectivity index (χ0n) is 21.0.